The number of carbonyl (C=O) groups is 1. The summed E-state index contributed by atoms with van der Waals surface area (Å²) in [7, 11) is 0. The van der Waals surface area contributed by atoms with Crippen LogP contribution in [-0.2, 0) is 6.42 Å². The van der Waals surface area contributed by atoms with E-state index in [1.807, 2.05) is 43.5 Å². The number of hydrogen-bond donors (Lipinski definition) is 1. The van der Waals surface area contributed by atoms with Crippen LogP contribution in [0.15, 0.2) is 60.9 Å². The maximum absolute atomic E-state index is 12.7. The molecule has 0 saturated heterocycles. The first-order valence-electron chi connectivity index (χ1n) is 9.00. The number of amides is 1. The van der Waals surface area contributed by atoms with Gasteiger partial charge in [0.1, 0.15) is 0 Å². The number of rotatable bonds is 3. The number of nitrogens with one attached hydrogen (secondary N) is 1. The predicted molar refractivity (Wildman–Crippen MR) is 110 cm³/mol. The molecule has 3 aromatic rings. The third-order valence-corrected chi connectivity index (χ3v) is 5.33. The van der Waals surface area contributed by atoms with E-state index in [1.54, 1.807) is 6.20 Å². The maximum Gasteiger partial charge on any atom is 0.257 e. The van der Waals surface area contributed by atoms with Gasteiger partial charge in [-0.25, -0.2) is 0 Å². The van der Waals surface area contributed by atoms with E-state index in [9.17, 15) is 4.79 Å². The molecule has 5 heteroatoms. The number of aryl methyl sites for hydroxylation is 1. The Morgan fingerprint density at radius 3 is 2.89 bits per heavy atom. The highest BCUT2D eigenvalue weighted by Crippen LogP contribution is 2.33. The average Bonchev–Trinajstić information content (AvgIpc) is 2.71. The zero-order chi connectivity index (χ0) is 18.8. The predicted octanol–water partition coefficient (Wildman–Crippen LogP) is 5.38. The average molecular weight is 378 g/mol. The van der Waals surface area contributed by atoms with E-state index in [-0.39, 0.29) is 5.91 Å². The second kappa shape index (κ2) is 7.41. The smallest absolute Gasteiger partial charge is 0.257 e. The normalized spacial score (nSPS) is 13.2. The van der Waals surface area contributed by atoms with Gasteiger partial charge in [0, 0.05) is 29.1 Å². The summed E-state index contributed by atoms with van der Waals surface area (Å²) in [5.41, 5.74) is 5.53. The molecule has 0 atom stereocenters. The molecule has 1 aliphatic rings. The third kappa shape index (κ3) is 3.53. The molecule has 0 radical (unpaired) electrons. The monoisotopic (exact) mass is 377 g/mol. The van der Waals surface area contributed by atoms with Crippen LogP contribution in [0.25, 0.3) is 0 Å². The summed E-state index contributed by atoms with van der Waals surface area (Å²) in [4.78, 5) is 19.3. The van der Waals surface area contributed by atoms with Gasteiger partial charge >= 0.3 is 0 Å². The molecule has 0 fully saturated rings. The molecule has 0 spiro atoms. The SMILES string of the molecule is Cc1c(Cl)cccc1NC(=O)c1cncc(N2CCCc3ccccc32)c1. The Morgan fingerprint density at radius 2 is 2.00 bits per heavy atom. The Morgan fingerprint density at radius 1 is 1.15 bits per heavy atom. The third-order valence-electron chi connectivity index (χ3n) is 4.92. The van der Waals surface area contributed by atoms with Gasteiger partial charge < -0.3 is 10.2 Å². The highest BCUT2D eigenvalue weighted by molar-refractivity contribution is 6.31. The number of carbonyl (C=O) groups excluding carboxylic acids is 1. The van der Waals surface area contributed by atoms with E-state index in [1.165, 1.54) is 11.3 Å². The van der Waals surface area contributed by atoms with Gasteiger partial charge in [0.25, 0.3) is 5.91 Å². The summed E-state index contributed by atoms with van der Waals surface area (Å²) >= 11 is 6.15. The van der Waals surface area contributed by atoms with Crippen molar-refractivity contribution in [2.75, 3.05) is 16.8 Å². The number of benzene rings is 2. The van der Waals surface area contributed by atoms with Crippen molar-refractivity contribution in [3.05, 3.63) is 82.6 Å². The van der Waals surface area contributed by atoms with Crippen molar-refractivity contribution in [3.63, 3.8) is 0 Å². The molecule has 136 valence electrons. The largest absolute Gasteiger partial charge is 0.340 e. The number of nitrogens with zero attached hydrogens (tertiary/aromatic N) is 2. The van der Waals surface area contributed by atoms with Gasteiger partial charge in [0.05, 0.1) is 17.4 Å². The lowest BCUT2D eigenvalue weighted by molar-refractivity contribution is 0.102. The molecule has 1 aliphatic heterocycles. The lowest BCUT2D eigenvalue weighted by Gasteiger charge is -2.31. The number of halogens is 1. The Kier molecular flexibility index (Phi) is 4.82. The molecule has 0 unspecified atom stereocenters. The number of para-hydroxylation sites is 1. The first-order valence-corrected chi connectivity index (χ1v) is 9.38. The number of hydrogen-bond acceptors (Lipinski definition) is 3. The zero-order valence-electron chi connectivity index (χ0n) is 15.1. The molecular weight excluding hydrogens is 358 g/mol. The molecule has 4 rings (SSSR count). The molecule has 2 aromatic carbocycles. The maximum atomic E-state index is 12.7. The Bertz CT molecular complexity index is 1000. The van der Waals surface area contributed by atoms with Crippen LogP contribution in [-0.4, -0.2) is 17.4 Å². The first kappa shape index (κ1) is 17.6. The lowest BCUT2D eigenvalue weighted by atomic mass is 10.0. The van der Waals surface area contributed by atoms with Crippen LogP contribution in [0.2, 0.25) is 5.02 Å². The molecule has 0 aliphatic carbocycles. The molecule has 0 bridgehead atoms. The summed E-state index contributed by atoms with van der Waals surface area (Å²) < 4.78 is 0. The van der Waals surface area contributed by atoms with Crippen molar-refractivity contribution >= 4 is 34.6 Å². The van der Waals surface area contributed by atoms with Crippen molar-refractivity contribution in [2.45, 2.75) is 19.8 Å². The van der Waals surface area contributed by atoms with Crippen LogP contribution >= 0.6 is 11.6 Å². The van der Waals surface area contributed by atoms with Gasteiger partial charge in [-0.05, 0) is 55.2 Å². The fourth-order valence-corrected chi connectivity index (χ4v) is 3.61. The standard InChI is InChI=1S/C22H20ClN3O/c1-15-19(23)8-4-9-20(15)25-22(27)17-12-18(14-24-13-17)26-11-5-7-16-6-2-3-10-21(16)26/h2-4,6,8-10,12-14H,5,7,11H2,1H3,(H,25,27). The fourth-order valence-electron chi connectivity index (χ4n) is 3.44. The van der Waals surface area contributed by atoms with Crippen molar-refractivity contribution in [2.24, 2.45) is 0 Å². The zero-order valence-corrected chi connectivity index (χ0v) is 15.8. The van der Waals surface area contributed by atoms with Gasteiger partial charge in [-0.2, -0.15) is 0 Å². The summed E-state index contributed by atoms with van der Waals surface area (Å²) in [6, 6.07) is 15.8. The molecular formula is C22H20ClN3O. The number of aromatic nitrogens is 1. The summed E-state index contributed by atoms with van der Waals surface area (Å²) in [5.74, 6) is -0.194. The lowest BCUT2D eigenvalue weighted by Crippen LogP contribution is -2.25. The van der Waals surface area contributed by atoms with E-state index >= 15 is 0 Å². The van der Waals surface area contributed by atoms with Gasteiger partial charge in [0.2, 0.25) is 0 Å². The van der Waals surface area contributed by atoms with Crippen LogP contribution in [0, 0.1) is 6.92 Å². The highest BCUT2D eigenvalue weighted by Gasteiger charge is 2.19. The molecule has 1 N–H and O–H groups in total. The topological polar surface area (TPSA) is 45.2 Å². The van der Waals surface area contributed by atoms with Gasteiger partial charge in [-0.1, -0.05) is 35.9 Å². The summed E-state index contributed by atoms with van der Waals surface area (Å²) in [5, 5.41) is 3.56. The van der Waals surface area contributed by atoms with Gasteiger partial charge in [-0.3, -0.25) is 9.78 Å². The molecule has 1 amide bonds. The minimum Gasteiger partial charge on any atom is -0.340 e. The van der Waals surface area contributed by atoms with E-state index in [0.29, 0.717) is 16.3 Å². The van der Waals surface area contributed by atoms with E-state index in [2.05, 4.69) is 33.4 Å². The number of anilines is 3. The summed E-state index contributed by atoms with van der Waals surface area (Å²) in [6.07, 6.45) is 5.56. The second-order valence-electron chi connectivity index (χ2n) is 6.68. The first-order chi connectivity index (χ1) is 13.1. The Hall–Kier alpha value is -2.85. The van der Waals surface area contributed by atoms with Crippen molar-refractivity contribution in [1.29, 1.82) is 0 Å². The van der Waals surface area contributed by atoms with Crippen molar-refractivity contribution < 1.29 is 4.79 Å². The minimum atomic E-state index is -0.194. The van der Waals surface area contributed by atoms with Crippen LogP contribution in [0.3, 0.4) is 0 Å². The molecule has 0 saturated carbocycles. The van der Waals surface area contributed by atoms with E-state index < -0.39 is 0 Å². The van der Waals surface area contributed by atoms with Crippen LogP contribution < -0.4 is 10.2 Å². The van der Waals surface area contributed by atoms with E-state index in [0.717, 1.165) is 30.6 Å². The minimum absolute atomic E-state index is 0.194. The Balaban J connectivity index is 1.62. The number of pyridine rings is 1. The quantitative estimate of drug-likeness (QED) is 0.666. The Labute approximate surface area is 163 Å². The van der Waals surface area contributed by atoms with Crippen LogP contribution in [0.4, 0.5) is 17.1 Å². The van der Waals surface area contributed by atoms with E-state index in [4.69, 9.17) is 11.6 Å². The summed E-state index contributed by atoms with van der Waals surface area (Å²) in [6.45, 7) is 2.80. The van der Waals surface area contributed by atoms with Crippen LogP contribution in [0.5, 0.6) is 0 Å². The molecule has 4 nitrogen and oxygen atoms in total. The van der Waals surface area contributed by atoms with Gasteiger partial charge in [-0.15, -0.1) is 0 Å². The molecule has 27 heavy (non-hydrogen) atoms. The molecule has 1 aromatic heterocycles. The van der Waals surface area contributed by atoms with Gasteiger partial charge in [0.15, 0.2) is 0 Å². The molecule has 2 heterocycles. The number of fused-ring (bicyclic) bond motifs is 1. The van der Waals surface area contributed by atoms with Crippen molar-refractivity contribution in [3.8, 4) is 0 Å². The fraction of sp³-hybridized carbons (Fsp3) is 0.182. The van der Waals surface area contributed by atoms with Crippen LogP contribution in [0.1, 0.15) is 27.9 Å². The highest BCUT2D eigenvalue weighted by atomic mass is 35.5. The second-order valence-corrected chi connectivity index (χ2v) is 7.09. The van der Waals surface area contributed by atoms with Crippen molar-refractivity contribution in [1.82, 2.24) is 4.98 Å².